The summed E-state index contributed by atoms with van der Waals surface area (Å²) in [7, 11) is 1.59. The molecule has 1 aliphatic rings. The summed E-state index contributed by atoms with van der Waals surface area (Å²) in [6.45, 7) is 3.65. The first-order valence-corrected chi connectivity index (χ1v) is 6.04. The van der Waals surface area contributed by atoms with Crippen LogP contribution in [0.15, 0.2) is 0 Å². The van der Waals surface area contributed by atoms with Gasteiger partial charge in [0, 0.05) is 26.6 Å². The van der Waals surface area contributed by atoms with Gasteiger partial charge in [-0.25, -0.2) is 4.79 Å². The molecule has 4 amide bonds. The molecule has 0 saturated carbocycles. The Hall–Kier alpha value is -2.10. The first kappa shape index (κ1) is 15.0. The number of nitrogens with one attached hydrogen (secondary N) is 1. The second-order valence-corrected chi connectivity index (χ2v) is 4.99. The van der Waals surface area contributed by atoms with Crippen molar-refractivity contribution in [3.05, 3.63) is 0 Å². The number of nitrogens with zero attached hydrogens (tertiary/aromatic N) is 3. The van der Waals surface area contributed by atoms with E-state index in [4.69, 9.17) is 5.26 Å². The summed E-state index contributed by atoms with van der Waals surface area (Å²) in [6, 6.07) is 1.48. The van der Waals surface area contributed by atoms with Crippen molar-refractivity contribution in [2.45, 2.75) is 32.2 Å². The molecule has 0 aromatic heterocycles. The molecule has 0 unspecified atom stereocenters. The number of hydrogen-bond acceptors (Lipinski definition) is 4. The monoisotopic (exact) mass is 266 g/mol. The first-order valence-electron chi connectivity index (χ1n) is 6.04. The minimum atomic E-state index is -0.910. The van der Waals surface area contributed by atoms with Gasteiger partial charge in [0.05, 0.1) is 12.5 Å². The molecule has 0 aliphatic carbocycles. The van der Waals surface area contributed by atoms with Crippen molar-refractivity contribution < 1.29 is 14.4 Å². The van der Waals surface area contributed by atoms with Crippen LogP contribution in [-0.4, -0.2) is 53.3 Å². The number of imide groups is 1. The van der Waals surface area contributed by atoms with Crippen LogP contribution in [0.5, 0.6) is 0 Å². The Bertz CT molecular complexity index is 439. The Morgan fingerprint density at radius 3 is 2.58 bits per heavy atom. The molecule has 0 bridgehead atoms. The lowest BCUT2D eigenvalue weighted by molar-refractivity contribution is -0.132. The van der Waals surface area contributed by atoms with Gasteiger partial charge in [0.2, 0.25) is 5.91 Å². The third-order valence-electron chi connectivity index (χ3n) is 2.98. The average molecular weight is 266 g/mol. The fourth-order valence-electron chi connectivity index (χ4n) is 1.76. The lowest BCUT2D eigenvalue weighted by atomic mass is 10.1. The summed E-state index contributed by atoms with van der Waals surface area (Å²) in [6.07, 6.45) is 0.329. The van der Waals surface area contributed by atoms with Gasteiger partial charge < -0.3 is 10.2 Å². The summed E-state index contributed by atoms with van der Waals surface area (Å²) in [5.74, 6) is -0.523. The Morgan fingerprint density at radius 2 is 2.11 bits per heavy atom. The second-order valence-electron chi connectivity index (χ2n) is 4.99. The normalized spacial score (nSPS) is 17.1. The maximum atomic E-state index is 11.9. The SMILES string of the molecule is CN(CCC#N)C(=O)CCN1C(=O)NC(C)(C)C1=O. The topological polar surface area (TPSA) is 93.5 Å². The fraction of sp³-hybridized carbons (Fsp3) is 0.667. The van der Waals surface area contributed by atoms with E-state index in [0.717, 1.165) is 4.90 Å². The second kappa shape index (κ2) is 5.69. The highest BCUT2D eigenvalue weighted by atomic mass is 16.2. The van der Waals surface area contributed by atoms with Crippen molar-refractivity contribution in [1.29, 1.82) is 5.26 Å². The van der Waals surface area contributed by atoms with E-state index in [-0.39, 0.29) is 31.2 Å². The molecule has 0 aromatic carbocycles. The van der Waals surface area contributed by atoms with Crippen LogP contribution >= 0.6 is 0 Å². The zero-order valence-electron chi connectivity index (χ0n) is 11.4. The fourth-order valence-corrected chi connectivity index (χ4v) is 1.76. The largest absolute Gasteiger partial charge is 0.345 e. The predicted molar refractivity (Wildman–Crippen MR) is 66.8 cm³/mol. The van der Waals surface area contributed by atoms with Crippen LogP contribution in [0.1, 0.15) is 26.7 Å². The molecule has 0 radical (unpaired) electrons. The van der Waals surface area contributed by atoms with E-state index in [2.05, 4.69) is 5.32 Å². The third-order valence-corrected chi connectivity index (χ3v) is 2.98. The highest BCUT2D eigenvalue weighted by Gasteiger charge is 2.44. The maximum absolute atomic E-state index is 11.9. The lowest BCUT2D eigenvalue weighted by Crippen LogP contribution is -2.40. The van der Waals surface area contributed by atoms with E-state index >= 15 is 0 Å². The molecule has 1 fully saturated rings. The minimum absolute atomic E-state index is 0.0593. The van der Waals surface area contributed by atoms with Crippen LogP contribution in [0, 0.1) is 11.3 Å². The summed E-state index contributed by atoms with van der Waals surface area (Å²) < 4.78 is 0. The highest BCUT2D eigenvalue weighted by molar-refractivity contribution is 6.06. The number of nitriles is 1. The van der Waals surface area contributed by atoms with Crippen molar-refractivity contribution >= 4 is 17.8 Å². The zero-order valence-corrected chi connectivity index (χ0v) is 11.4. The van der Waals surface area contributed by atoms with Gasteiger partial charge in [0.1, 0.15) is 5.54 Å². The number of urea groups is 1. The Labute approximate surface area is 112 Å². The van der Waals surface area contributed by atoms with Crippen LogP contribution < -0.4 is 5.32 Å². The van der Waals surface area contributed by atoms with E-state index in [1.807, 2.05) is 6.07 Å². The molecule has 19 heavy (non-hydrogen) atoms. The molecule has 0 atom stereocenters. The van der Waals surface area contributed by atoms with Gasteiger partial charge >= 0.3 is 6.03 Å². The van der Waals surface area contributed by atoms with Crippen molar-refractivity contribution in [3.63, 3.8) is 0 Å². The molecule has 1 heterocycles. The Kier molecular flexibility index (Phi) is 4.48. The number of amides is 4. The molecule has 1 aliphatic heterocycles. The van der Waals surface area contributed by atoms with Crippen molar-refractivity contribution in [2.24, 2.45) is 0 Å². The predicted octanol–water partition coefficient (Wildman–Crippen LogP) is 0.0790. The minimum Gasteiger partial charge on any atom is -0.345 e. The quantitative estimate of drug-likeness (QED) is 0.713. The number of rotatable bonds is 5. The molecule has 1 N–H and O–H groups in total. The number of carbonyl (C=O) groups is 3. The van der Waals surface area contributed by atoms with Gasteiger partial charge in [-0.3, -0.25) is 14.5 Å². The van der Waals surface area contributed by atoms with E-state index < -0.39 is 11.6 Å². The Balaban J connectivity index is 2.49. The molecular formula is C12H18N4O3. The molecule has 104 valence electrons. The lowest BCUT2D eigenvalue weighted by Gasteiger charge is -2.18. The van der Waals surface area contributed by atoms with Crippen LogP contribution in [0.2, 0.25) is 0 Å². The molecule has 1 rings (SSSR count). The van der Waals surface area contributed by atoms with Crippen molar-refractivity contribution in [2.75, 3.05) is 20.1 Å². The van der Waals surface area contributed by atoms with E-state index in [1.165, 1.54) is 4.90 Å². The highest BCUT2D eigenvalue weighted by Crippen LogP contribution is 2.16. The summed E-state index contributed by atoms with van der Waals surface area (Å²) in [4.78, 5) is 37.6. The van der Waals surface area contributed by atoms with Gasteiger partial charge in [0.15, 0.2) is 0 Å². The zero-order chi connectivity index (χ0) is 14.6. The molecular weight excluding hydrogens is 248 g/mol. The average Bonchev–Trinajstić information content (AvgIpc) is 2.53. The summed E-state index contributed by atoms with van der Waals surface area (Å²) in [5, 5.41) is 11.0. The van der Waals surface area contributed by atoms with E-state index in [1.54, 1.807) is 20.9 Å². The van der Waals surface area contributed by atoms with Crippen molar-refractivity contribution in [3.8, 4) is 6.07 Å². The molecule has 0 spiro atoms. The number of hydrogen-bond donors (Lipinski definition) is 1. The van der Waals surface area contributed by atoms with E-state index in [0.29, 0.717) is 6.54 Å². The van der Waals surface area contributed by atoms with Crippen molar-refractivity contribution in [1.82, 2.24) is 15.1 Å². The van der Waals surface area contributed by atoms with Crippen LogP contribution in [0.25, 0.3) is 0 Å². The summed E-state index contributed by atoms with van der Waals surface area (Å²) in [5.41, 5.74) is -0.910. The third kappa shape index (κ3) is 3.44. The first-order chi connectivity index (χ1) is 8.79. The van der Waals surface area contributed by atoms with E-state index in [9.17, 15) is 14.4 Å². The van der Waals surface area contributed by atoms with Crippen LogP contribution in [-0.2, 0) is 9.59 Å². The van der Waals surface area contributed by atoms with Crippen LogP contribution in [0.4, 0.5) is 4.79 Å². The van der Waals surface area contributed by atoms with Gasteiger partial charge in [-0.05, 0) is 13.8 Å². The standard InChI is InChI=1S/C12H18N4O3/c1-12(2)10(18)16(11(19)14-12)8-5-9(17)15(3)7-4-6-13/h4-5,7-8H2,1-3H3,(H,14,19). The van der Waals surface area contributed by atoms with Gasteiger partial charge in [-0.2, -0.15) is 5.26 Å². The van der Waals surface area contributed by atoms with Gasteiger partial charge in [-0.15, -0.1) is 0 Å². The summed E-state index contributed by atoms with van der Waals surface area (Å²) >= 11 is 0. The van der Waals surface area contributed by atoms with Gasteiger partial charge in [0.25, 0.3) is 5.91 Å². The molecule has 7 heteroatoms. The molecule has 7 nitrogen and oxygen atoms in total. The van der Waals surface area contributed by atoms with Crippen LogP contribution in [0.3, 0.4) is 0 Å². The molecule has 0 aromatic rings. The smallest absolute Gasteiger partial charge is 0.325 e. The Morgan fingerprint density at radius 1 is 1.47 bits per heavy atom. The maximum Gasteiger partial charge on any atom is 0.325 e. The van der Waals surface area contributed by atoms with Gasteiger partial charge in [-0.1, -0.05) is 0 Å². The number of carbonyl (C=O) groups excluding carboxylic acids is 3. The molecule has 1 saturated heterocycles.